The number of hydrogen-bond donors (Lipinski definition) is 1. The SMILES string of the molecule is COC(=O)Cc1ncc(CF)c(OC(F)(F)F)c1O. The molecular formula is C10H9F4NO4. The van der Waals surface area contributed by atoms with Crippen LogP contribution in [0.3, 0.4) is 0 Å². The van der Waals surface area contributed by atoms with Crippen LogP contribution in [0, 0.1) is 0 Å². The number of carbonyl (C=O) groups excluding carboxylic acids is 1. The predicted octanol–water partition coefficient (Wildman–Crippen LogP) is 1.87. The molecule has 1 aromatic rings. The van der Waals surface area contributed by atoms with Crippen LogP contribution in [0.25, 0.3) is 0 Å². The lowest BCUT2D eigenvalue weighted by Crippen LogP contribution is -2.19. The Morgan fingerprint density at radius 3 is 2.58 bits per heavy atom. The van der Waals surface area contributed by atoms with Crippen molar-refractivity contribution in [3.05, 3.63) is 17.5 Å². The standard InChI is InChI=1S/C10H9F4NO4/c1-18-7(16)2-6-8(17)9(19-10(12,13)14)5(3-11)4-15-6/h4,17H,2-3H2,1H3. The van der Waals surface area contributed by atoms with Crippen LogP contribution in [-0.2, 0) is 22.6 Å². The van der Waals surface area contributed by atoms with E-state index in [1.165, 1.54) is 0 Å². The molecule has 0 atom stereocenters. The van der Waals surface area contributed by atoms with E-state index in [9.17, 15) is 27.5 Å². The van der Waals surface area contributed by atoms with Crippen LogP contribution in [0.15, 0.2) is 6.20 Å². The van der Waals surface area contributed by atoms with Crippen molar-refractivity contribution in [1.82, 2.24) is 4.98 Å². The molecule has 0 fully saturated rings. The van der Waals surface area contributed by atoms with Gasteiger partial charge in [0, 0.05) is 11.8 Å². The van der Waals surface area contributed by atoms with Gasteiger partial charge in [-0.2, -0.15) is 0 Å². The monoisotopic (exact) mass is 283 g/mol. The number of nitrogens with zero attached hydrogens (tertiary/aromatic N) is 1. The lowest BCUT2D eigenvalue weighted by molar-refractivity contribution is -0.275. The van der Waals surface area contributed by atoms with Gasteiger partial charge in [-0.3, -0.25) is 9.78 Å². The number of aromatic hydroxyl groups is 1. The molecule has 106 valence electrons. The van der Waals surface area contributed by atoms with Gasteiger partial charge in [-0.25, -0.2) is 4.39 Å². The second kappa shape index (κ2) is 5.72. The van der Waals surface area contributed by atoms with Crippen molar-refractivity contribution >= 4 is 5.97 Å². The molecule has 1 N–H and O–H groups in total. The molecule has 0 spiro atoms. The molecule has 0 aliphatic rings. The van der Waals surface area contributed by atoms with Gasteiger partial charge in [0.15, 0.2) is 11.5 Å². The third-order valence-electron chi connectivity index (χ3n) is 2.06. The first-order chi connectivity index (χ1) is 8.78. The van der Waals surface area contributed by atoms with E-state index in [1.807, 2.05) is 0 Å². The van der Waals surface area contributed by atoms with Crippen LogP contribution in [0.1, 0.15) is 11.3 Å². The van der Waals surface area contributed by atoms with E-state index >= 15 is 0 Å². The van der Waals surface area contributed by atoms with Gasteiger partial charge >= 0.3 is 12.3 Å². The summed E-state index contributed by atoms with van der Waals surface area (Å²) in [5.41, 5.74) is -0.980. The van der Waals surface area contributed by atoms with Crippen molar-refractivity contribution in [2.45, 2.75) is 19.5 Å². The second-order valence-corrected chi connectivity index (χ2v) is 3.34. The number of aromatic nitrogens is 1. The van der Waals surface area contributed by atoms with E-state index in [-0.39, 0.29) is 0 Å². The highest BCUT2D eigenvalue weighted by Gasteiger charge is 2.34. The Balaban J connectivity index is 3.18. The first-order valence-corrected chi connectivity index (χ1v) is 4.86. The lowest BCUT2D eigenvalue weighted by Gasteiger charge is -2.14. The highest BCUT2D eigenvalue weighted by Crippen LogP contribution is 2.37. The van der Waals surface area contributed by atoms with Crippen LogP contribution in [-0.4, -0.2) is 29.5 Å². The van der Waals surface area contributed by atoms with Gasteiger partial charge in [-0.1, -0.05) is 0 Å². The van der Waals surface area contributed by atoms with E-state index in [4.69, 9.17) is 0 Å². The quantitative estimate of drug-likeness (QED) is 0.675. The van der Waals surface area contributed by atoms with Crippen molar-refractivity contribution in [3.8, 4) is 11.5 Å². The first-order valence-electron chi connectivity index (χ1n) is 4.86. The van der Waals surface area contributed by atoms with Gasteiger partial charge in [0.1, 0.15) is 6.67 Å². The van der Waals surface area contributed by atoms with Gasteiger partial charge in [0.25, 0.3) is 0 Å². The van der Waals surface area contributed by atoms with Crippen LogP contribution in [0.5, 0.6) is 11.5 Å². The zero-order valence-corrected chi connectivity index (χ0v) is 9.62. The Morgan fingerprint density at radius 2 is 2.11 bits per heavy atom. The molecule has 0 amide bonds. The largest absolute Gasteiger partial charge is 0.573 e. The summed E-state index contributed by atoms with van der Waals surface area (Å²) in [7, 11) is 1.06. The van der Waals surface area contributed by atoms with Gasteiger partial charge < -0.3 is 14.6 Å². The average molecular weight is 283 g/mol. The summed E-state index contributed by atoms with van der Waals surface area (Å²) in [6, 6.07) is 0. The van der Waals surface area contributed by atoms with Crippen LogP contribution in [0.2, 0.25) is 0 Å². The highest BCUT2D eigenvalue weighted by molar-refractivity contribution is 5.73. The van der Waals surface area contributed by atoms with Crippen molar-refractivity contribution in [2.24, 2.45) is 0 Å². The fraction of sp³-hybridized carbons (Fsp3) is 0.400. The molecule has 1 rings (SSSR count). The predicted molar refractivity (Wildman–Crippen MR) is 53.1 cm³/mol. The number of alkyl halides is 4. The second-order valence-electron chi connectivity index (χ2n) is 3.34. The molecule has 19 heavy (non-hydrogen) atoms. The summed E-state index contributed by atoms with van der Waals surface area (Å²) in [5, 5.41) is 9.55. The molecule has 0 aromatic carbocycles. The molecule has 0 bridgehead atoms. The van der Waals surface area contributed by atoms with Crippen molar-refractivity contribution in [2.75, 3.05) is 7.11 Å². The fourth-order valence-corrected chi connectivity index (χ4v) is 1.22. The van der Waals surface area contributed by atoms with Crippen molar-refractivity contribution in [3.63, 3.8) is 0 Å². The zero-order chi connectivity index (χ0) is 14.6. The van der Waals surface area contributed by atoms with E-state index in [2.05, 4.69) is 14.5 Å². The zero-order valence-electron chi connectivity index (χ0n) is 9.62. The molecule has 0 saturated carbocycles. The topological polar surface area (TPSA) is 68.7 Å². The molecule has 0 aliphatic carbocycles. The van der Waals surface area contributed by atoms with Crippen molar-refractivity contribution < 1.29 is 36.9 Å². The maximum Gasteiger partial charge on any atom is 0.573 e. The Hall–Kier alpha value is -2.06. The number of methoxy groups -OCH3 is 1. The number of carbonyl (C=O) groups is 1. The van der Waals surface area contributed by atoms with Crippen LogP contribution in [0.4, 0.5) is 17.6 Å². The summed E-state index contributed by atoms with van der Waals surface area (Å²) in [5.74, 6) is -2.98. The molecule has 5 nitrogen and oxygen atoms in total. The molecule has 0 aliphatic heterocycles. The van der Waals surface area contributed by atoms with Gasteiger partial charge in [0.2, 0.25) is 0 Å². The highest BCUT2D eigenvalue weighted by atomic mass is 19.4. The Labute approximate surface area is 104 Å². The van der Waals surface area contributed by atoms with E-state index in [0.717, 1.165) is 13.3 Å². The summed E-state index contributed by atoms with van der Waals surface area (Å²) in [6.07, 6.45) is -4.92. The molecule has 9 heteroatoms. The van der Waals surface area contributed by atoms with E-state index < -0.39 is 48.2 Å². The maximum atomic E-state index is 12.5. The number of esters is 1. The molecule has 0 saturated heterocycles. The van der Waals surface area contributed by atoms with Gasteiger partial charge in [-0.05, 0) is 0 Å². The minimum absolute atomic E-state index is 0.400. The summed E-state index contributed by atoms with van der Waals surface area (Å²) >= 11 is 0. The van der Waals surface area contributed by atoms with E-state index in [0.29, 0.717) is 0 Å². The van der Waals surface area contributed by atoms with Gasteiger partial charge in [0.05, 0.1) is 19.2 Å². The van der Waals surface area contributed by atoms with Crippen LogP contribution >= 0.6 is 0 Å². The van der Waals surface area contributed by atoms with E-state index in [1.54, 1.807) is 0 Å². The number of rotatable bonds is 4. The van der Waals surface area contributed by atoms with Crippen molar-refractivity contribution in [1.29, 1.82) is 0 Å². The average Bonchev–Trinajstić information content (AvgIpc) is 2.32. The fourth-order valence-electron chi connectivity index (χ4n) is 1.22. The molecule has 0 radical (unpaired) electrons. The number of hydrogen-bond acceptors (Lipinski definition) is 5. The Bertz CT molecular complexity index is 475. The summed E-state index contributed by atoms with van der Waals surface area (Å²) in [6.45, 7) is -1.32. The maximum absolute atomic E-state index is 12.5. The van der Waals surface area contributed by atoms with Crippen LogP contribution < -0.4 is 4.74 Å². The molecule has 0 unspecified atom stereocenters. The minimum atomic E-state index is -5.11. The van der Waals surface area contributed by atoms with Gasteiger partial charge in [-0.15, -0.1) is 13.2 Å². The number of halogens is 4. The third-order valence-corrected chi connectivity index (χ3v) is 2.06. The summed E-state index contributed by atoms with van der Waals surface area (Å²) < 4.78 is 56.7. The number of ether oxygens (including phenoxy) is 2. The normalized spacial score (nSPS) is 11.2. The molecule has 1 heterocycles. The minimum Gasteiger partial charge on any atom is -0.503 e. The summed E-state index contributed by atoms with van der Waals surface area (Å²) in [4.78, 5) is 14.5. The Morgan fingerprint density at radius 1 is 1.47 bits per heavy atom. The number of pyridine rings is 1. The third kappa shape index (κ3) is 3.97. The Kier molecular flexibility index (Phi) is 4.52. The lowest BCUT2D eigenvalue weighted by atomic mass is 10.2. The molecular weight excluding hydrogens is 274 g/mol. The molecule has 1 aromatic heterocycles. The first kappa shape index (κ1) is 15.0. The smallest absolute Gasteiger partial charge is 0.503 e.